The number of nitrogens with one attached hydrogen (secondary N) is 1. The van der Waals surface area contributed by atoms with E-state index in [2.05, 4.69) is 24.4 Å². The van der Waals surface area contributed by atoms with Crippen molar-refractivity contribution in [3.8, 4) is 11.4 Å². The van der Waals surface area contributed by atoms with Crippen LogP contribution in [0.15, 0.2) is 88.8 Å². The molecule has 0 aliphatic heterocycles. The zero-order chi connectivity index (χ0) is 23.9. The molecule has 0 aliphatic carbocycles. The number of methoxy groups -OCH3 is 1. The van der Waals surface area contributed by atoms with Crippen molar-refractivity contribution < 1.29 is 9.53 Å². The normalized spacial score (nSPS) is 11.8. The first-order chi connectivity index (χ1) is 16.6. The fraction of sp³-hybridized carbons (Fsp3) is 0.222. The van der Waals surface area contributed by atoms with Crippen molar-refractivity contribution in [2.75, 3.05) is 19.4 Å². The van der Waals surface area contributed by atoms with E-state index in [1.54, 1.807) is 23.8 Å². The Hall–Kier alpha value is -3.58. The highest BCUT2D eigenvalue weighted by atomic mass is 32.2. The zero-order valence-electron chi connectivity index (χ0n) is 19.2. The Morgan fingerprint density at radius 3 is 2.59 bits per heavy atom. The van der Waals surface area contributed by atoms with Gasteiger partial charge < -0.3 is 10.1 Å². The predicted octanol–water partition coefficient (Wildman–Crippen LogP) is 4.80. The maximum absolute atomic E-state index is 13.4. The van der Waals surface area contributed by atoms with Crippen LogP contribution in [0.5, 0.6) is 5.75 Å². The van der Waals surface area contributed by atoms with E-state index in [9.17, 15) is 9.59 Å². The van der Waals surface area contributed by atoms with Gasteiger partial charge in [0.15, 0.2) is 5.16 Å². The van der Waals surface area contributed by atoms with Gasteiger partial charge in [-0.3, -0.25) is 14.2 Å². The molecule has 1 N–H and O–H groups in total. The number of aromatic nitrogens is 2. The number of rotatable bonds is 9. The molecule has 1 amide bonds. The fourth-order valence-corrected chi connectivity index (χ4v) is 4.67. The van der Waals surface area contributed by atoms with Gasteiger partial charge in [-0.15, -0.1) is 0 Å². The molecule has 174 valence electrons. The van der Waals surface area contributed by atoms with Crippen molar-refractivity contribution >= 4 is 28.6 Å². The summed E-state index contributed by atoms with van der Waals surface area (Å²) in [4.78, 5) is 30.8. The van der Waals surface area contributed by atoms with Crippen molar-refractivity contribution in [1.29, 1.82) is 0 Å². The third-order valence-electron chi connectivity index (χ3n) is 5.70. The number of fused-ring (bicyclic) bond motifs is 1. The molecule has 1 heterocycles. The lowest BCUT2D eigenvalue weighted by Crippen LogP contribution is -2.30. The van der Waals surface area contributed by atoms with Crippen LogP contribution in [0, 0.1) is 0 Å². The number of hydrogen-bond acceptors (Lipinski definition) is 5. The summed E-state index contributed by atoms with van der Waals surface area (Å²) in [6.45, 7) is 2.68. The second-order valence-corrected chi connectivity index (χ2v) is 8.80. The van der Waals surface area contributed by atoms with Gasteiger partial charge in [0.1, 0.15) is 5.75 Å². The summed E-state index contributed by atoms with van der Waals surface area (Å²) in [7, 11) is 1.58. The van der Waals surface area contributed by atoms with Gasteiger partial charge in [0.2, 0.25) is 5.91 Å². The van der Waals surface area contributed by atoms with E-state index >= 15 is 0 Å². The lowest BCUT2D eigenvalue weighted by atomic mass is 9.96. The summed E-state index contributed by atoms with van der Waals surface area (Å²) in [5.74, 6) is 0.945. The van der Waals surface area contributed by atoms with Gasteiger partial charge in [-0.2, -0.15) is 0 Å². The molecule has 4 rings (SSSR count). The quantitative estimate of drug-likeness (QED) is 0.279. The molecule has 0 saturated heterocycles. The van der Waals surface area contributed by atoms with E-state index in [1.165, 1.54) is 17.3 Å². The number of carbonyl (C=O) groups excluding carboxylic acids is 1. The number of para-hydroxylation sites is 1. The highest BCUT2D eigenvalue weighted by Crippen LogP contribution is 2.24. The van der Waals surface area contributed by atoms with Gasteiger partial charge in [0.05, 0.1) is 29.5 Å². The maximum Gasteiger partial charge on any atom is 0.266 e. The number of amides is 1. The summed E-state index contributed by atoms with van der Waals surface area (Å²) in [6, 6.07) is 24.7. The van der Waals surface area contributed by atoms with Crippen molar-refractivity contribution in [3.05, 3.63) is 94.8 Å². The Labute approximate surface area is 203 Å². The summed E-state index contributed by atoms with van der Waals surface area (Å²) in [5, 5.41) is 4.02. The second-order valence-electron chi connectivity index (χ2n) is 7.86. The molecule has 0 saturated carbocycles. The molecule has 0 fully saturated rings. The number of carbonyl (C=O) groups is 1. The van der Waals surface area contributed by atoms with Crippen LogP contribution in [-0.4, -0.2) is 34.9 Å². The topological polar surface area (TPSA) is 73.2 Å². The van der Waals surface area contributed by atoms with Crippen LogP contribution in [0.25, 0.3) is 16.6 Å². The first-order valence-electron chi connectivity index (χ1n) is 11.2. The Bertz CT molecular complexity index is 1340. The van der Waals surface area contributed by atoms with Gasteiger partial charge in [-0.25, -0.2) is 4.98 Å². The van der Waals surface area contributed by atoms with Crippen LogP contribution in [0.1, 0.15) is 24.8 Å². The molecular weight excluding hydrogens is 446 g/mol. The van der Waals surface area contributed by atoms with E-state index in [0.717, 1.165) is 6.42 Å². The van der Waals surface area contributed by atoms with E-state index < -0.39 is 0 Å². The molecule has 0 radical (unpaired) electrons. The Morgan fingerprint density at radius 1 is 1.06 bits per heavy atom. The fourth-order valence-electron chi connectivity index (χ4n) is 3.83. The Morgan fingerprint density at radius 2 is 1.82 bits per heavy atom. The minimum atomic E-state index is -0.183. The molecule has 1 aromatic heterocycles. The van der Waals surface area contributed by atoms with Crippen molar-refractivity contribution in [1.82, 2.24) is 14.9 Å². The van der Waals surface area contributed by atoms with Crippen molar-refractivity contribution in [2.45, 2.75) is 24.4 Å². The molecule has 6 nitrogen and oxygen atoms in total. The van der Waals surface area contributed by atoms with Gasteiger partial charge in [0, 0.05) is 18.5 Å². The number of hydrogen-bond donors (Lipinski definition) is 1. The summed E-state index contributed by atoms with van der Waals surface area (Å²) >= 11 is 1.25. The lowest BCUT2D eigenvalue weighted by molar-refractivity contribution is -0.118. The summed E-state index contributed by atoms with van der Waals surface area (Å²) < 4.78 is 6.88. The Balaban J connectivity index is 1.56. The van der Waals surface area contributed by atoms with Crippen LogP contribution in [0.2, 0.25) is 0 Å². The van der Waals surface area contributed by atoms with E-state index in [1.807, 2.05) is 54.6 Å². The molecule has 7 heteroatoms. The minimum absolute atomic E-state index is 0.0982. The van der Waals surface area contributed by atoms with E-state index in [0.29, 0.717) is 34.0 Å². The first kappa shape index (κ1) is 23.6. The number of nitrogens with zero attached hydrogens (tertiary/aromatic N) is 2. The first-order valence-corrected chi connectivity index (χ1v) is 12.2. The lowest BCUT2D eigenvalue weighted by Gasteiger charge is -2.17. The SMILES string of the molecule is CCC(CNC(=O)CSc1nc2ccccc2c(=O)n1-c1cccc(OC)c1)c1ccccc1. The molecule has 0 bridgehead atoms. The molecule has 0 spiro atoms. The van der Waals surface area contributed by atoms with Crippen LogP contribution in [0.3, 0.4) is 0 Å². The monoisotopic (exact) mass is 473 g/mol. The minimum Gasteiger partial charge on any atom is -0.497 e. The molecule has 0 aliphatic rings. The predicted molar refractivity (Wildman–Crippen MR) is 137 cm³/mol. The number of ether oxygens (including phenoxy) is 1. The number of benzene rings is 3. The molecule has 3 aromatic carbocycles. The van der Waals surface area contributed by atoms with E-state index in [4.69, 9.17) is 9.72 Å². The molecule has 1 atom stereocenters. The second kappa shape index (κ2) is 11.0. The average molecular weight is 474 g/mol. The van der Waals surface area contributed by atoms with E-state index in [-0.39, 0.29) is 23.1 Å². The zero-order valence-corrected chi connectivity index (χ0v) is 20.0. The van der Waals surface area contributed by atoms with Gasteiger partial charge >= 0.3 is 0 Å². The van der Waals surface area contributed by atoms with Crippen molar-refractivity contribution in [3.63, 3.8) is 0 Å². The molecule has 34 heavy (non-hydrogen) atoms. The third-order valence-corrected chi connectivity index (χ3v) is 6.64. The van der Waals surface area contributed by atoms with Crippen LogP contribution < -0.4 is 15.6 Å². The Kier molecular flexibility index (Phi) is 7.65. The summed E-state index contributed by atoms with van der Waals surface area (Å²) in [5.41, 5.74) is 2.27. The smallest absolute Gasteiger partial charge is 0.266 e. The molecule has 1 unspecified atom stereocenters. The van der Waals surface area contributed by atoms with Gasteiger partial charge in [0.25, 0.3) is 5.56 Å². The van der Waals surface area contributed by atoms with Crippen LogP contribution in [-0.2, 0) is 4.79 Å². The third kappa shape index (κ3) is 5.31. The largest absolute Gasteiger partial charge is 0.497 e. The standard InChI is InChI=1S/C27H27N3O3S/c1-3-19(20-10-5-4-6-11-20)17-28-25(31)18-34-27-29-24-15-8-7-14-23(24)26(32)30(27)21-12-9-13-22(16-21)33-2/h4-16,19H,3,17-18H2,1-2H3,(H,28,31). The van der Waals surface area contributed by atoms with Crippen molar-refractivity contribution in [2.24, 2.45) is 0 Å². The van der Waals surface area contributed by atoms with Crippen LogP contribution >= 0.6 is 11.8 Å². The van der Waals surface area contributed by atoms with Gasteiger partial charge in [-0.05, 0) is 36.2 Å². The number of thioether (sulfide) groups is 1. The highest BCUT2D eigenvalue weighted by Gasteiger charge is 2.16. The average Bonchev–Trinajstić information content (AvgIpc) is 2.88. The molecular formula is C27H27N3O3S. The highest BCUT2D eigenvalue weighted by molar-refractivity contribution is 7.99. The summed E-state index contributed by atoms with van der Waals surface area (Å²) in [6.07, 6.45) is 0.930. The van der Waals surface area contributed by atoms with Gasteiger partial charge in [-0.1, -0.05) is 67.2 Å². The van der Waals surface area contributed by atoms with Crippen LogP contribution in [0.4, 0.5) is 0 Å². The molecule has 4 aromatic rings. The maximum atomic E-state index is 13.4.